The van der Waals surface area contributed by atoms with Crippen LogP contribution in [0.2, 0.25) is 0 Å². The Hall–Kier alpha value is -2.25. The van der Waals surface area contributed by atoms with Crippen molar-refractivity contribution in [3.63, 3.8) is 0 Å². The van der Waals surface area contributed by atoms with Gasteiger partial charge in [-0.15, -0.1) is 0 Å². The monoisotopic (exact) mass is 383 g/mol. The SMILES string of the molecule is Cc1ccc(-c2noc(C(C)N3CCN(C(=O)C(C)C4CNC4)CC3)n2)cc1. The summed E-state index contributed by atoms with van der Waals surface area (Å²) < 4.78 is 5.54. The molecule has 28 heavy (non-hydrogen) atoms. The van der Waals surface area contributed by atoms with Crippen LogP contribution in [0.4, 0.5) is 0 Å². The lowest BCUT2D eigenvalue weighted by molar-refractivity contribution is -0.139. The molecule has 0 radical (unpaired) electrons. The van der Waals surface area contributed by atoms with E-state index in [4.69, 9.17) is 4.52 Å². The number of aromatic nitrogens is 2. The van der Waals surface area contributed by atoms with Gasteiger partial charge in [-0.2, -0.15) is 4.98 Å². The van der Waals surface area contributed by atoms with Gasteiger partial charge in [-0.25, -0.2) is 0 Å². The molecule has 2 aliphatic rings. The van der Waals surface area contributed by atoms with Gasteiger partial charge in [-0.3, -0.25) is 9.69 Å². The highest BCUT2D eigenvalue weighted by atomic mass is 16.5. The first-order valence-corrected chi connectivity index (χ1v) is 10.2. The molecule has 4 rings (SSSR count). The predicted octanol–water partition coefficient (Wildman–Crippen LogP) is 2.11. The number of amides is 1. The Labute approximate surface area is 166 Å². The zero-order valence-corrected chi connectivity index (χ0v) is 16.9. The fourth-order valence-corrected chi connectivity index (χ4v) is 3.86. The van der Waals surface area contributed by atoms with Crippen LogP contribution < -0.4 is 5.32 Å². The third-order valence-electron chi connectivity index (χ3n) is 6.19. The summed E-state index contributed by atoms with van der Waals surface area (Å²) in [5.41, 5.74) is 2.17. The summed E-state index contributed by atoms with van der Waals surface area (Å²) in [6.07, 6.45) is 0. The van der Waals surface area contributed by atoms with E-state index in [0.29, 0.717) is 23.5 Å². The molecular formula is C21H29N5O2. The minimum Gasteiger partial charge on any atom is -0.340 e. The van der Waals surface area contributed by atoms with E-state index in [1.165, 1.54) is 5.56 Å². The van der Waals surface area contributed by atoms with Crippen molar-refractivity contribution in [2.45, 2.75) is 26.8 Å². The van der Waals surface area contributed by atoms with E-state index in [-0.39, 0.29) is 12.0 Å². The molecule has 1 amide bonds. The predicted molar refractivity (Wildman–Crippen MR) is 107 cm³/mol. The quantitative estimate of drug-likeness (QED) is 0.852. The first-order chi connectivity index (χ1) is 13.5. The third kappa shape index (κ3) is 3.82. The number of benzene rings is 1. The first kappa shape index (κ1) is 19.1. The van der Waals surface area contributed by atoms with Gasteiger partial charge in [-0.1, -0.05) is 41.9 Å². The van der Waals surface area contributed by atoms with Crippen LogP contribution in [0.15, 0.2) is 28.8 Å². The van der Waals surface area contributed by atoms with Crippen LogP contribution in [-0.4, -0.2) is 65.1 Å². The topological polar surface area (TPSA) is 74.5 Å². The zero-order valence-electron chi connectivity index (χ0n) is 16.9. The fourth-order valence-electron chi connectivity index (χ4n) is 3.86. The molecular weight excluding hydrogens is 354 g/mol. The second-order valence-corrected chi connectivity index (χ2v) is 8.07. The molecule has 2 fully saturated rings. The van der Waals surface area contributed by atoms with Crippen molar-refractivity contribution in [2.75, 3.05) is 39.3 Å². The summed E-state index contributed by atoms with van der Waals surface area (Å²) in [5, 5.41) is 7.40. The Bertz CT molecular complexity index is 806. The van der Waals surface area contributed by atoms with E-state index in [1.54, 1.807) is 0 Å². The van der Waals surface area contributed by atoms with Gasteiger partial charge >= 0.3 is 0 Å². The van der Waals surface area contributed by atoms with Crippen LogP contribution in [0.5, 0.6) is 0 Å². The van der Waals surface area contributed by atoms with Gasteiger partial charge in [0, 0.05) is 37.7 Å². The van der Waals surface area contributed by atoms with E-state index >= 15 is 0 Å². The van der Waals surface area contributed by atoms with Gasteiger partial charge < -0.3 is 14.7 Å². The van der Waals surface area contributed by atoms with Gasteiger partial charge in [-0.05, 0) is 32.9 Å². The molecule has 2 aromatic rings. The minimum atomic E-state index is 0.0391. The van der Waals surface area contributed by atoms with Crippen LogP contribution in [-0.2, 0) is 4.79 Å². The number of hydrogen-bond acceptors (Lipinski definition) is 6. The molecule has 3 heterocycles. The first-order valence-electron chi connectivity index (χ1n) is 10.2. The number of carbonyl (C=O) groups excluding carboxylic acids is 1. The standard InChI is InChI=1S/C21H29N5O2/c1-14-4-6-17(7-5-14)19-23-20(28-24-19)16(3)25-8-10-26(11-9-25)21(27)15(2)18-12-22-13-18/h4-7,15-16,18,22H,8-13H2,1-3H3. The number of nitrogens with zero attached hydrogens (tertiary/aromatic N) is 4. The average Bonchev–Trinajstić information content (AvgIpc) is 3.16. The normalized spacial score (nSPS) is 20.6. The lowest BCUT2D eigenvalue weighted by atomic mass is 9.88. The molecule has 2 saturated heterocycles. The third-order valence-corrected chi connectivity index (χ3v) is 6.19. The Balaban J connectivity index is 1.34. The van der Waals surface area contributed by atoms with Gasteiger partial charge in [0.25, 0.3) is 0 Å². The Morgan fingerprint density at radius 3 is 2.43 bits per heavy atom. The second-order valence-electron chi connectivity index (χ2n) is 8.07. The highest BCUT2D eigenvalue weighted by Gasteiger charge is 2.34. The van der Waals surface area contributed by atoms with Gasteiger partial charge in [0.2, 0.25) is 17.6 Å². The number of hydrogen-bond donors (Lipinski definition) is 1. The zero-order chi connectivity index (χ0) is 19.7. The summed E-state index contributed by atoms with van der Waals surface area (Å²) in [6, 6.07) is 8.16. The molecule has 2 atom stereocenters. The molecule has 150 valence electrons. The molecule has 2 unspecified atom stereocenters. The highest BCUT2D eigenvalue weighted by Crippen LogP contribution is 2.25. The summed E-state index contributed by atoms with van der Waals surface area (Å²) in [4.78, 5) is 21.6. The summed E-state index contributed by atoms with van der Waals surface area (Å²) in [5.74, 6) is 2.14. The number of carbonyl (C=O) groups is 1. The Kier molecular flexibility index (Phi) is 5.46. The summed E-state index contributed by atoms with van der Waals surface area (Å²) in [6.45, 7) is 11.3. The number of nitrogens with one attached hydrogen (secondary N) is 1. The molecule has 2 aliphatic heterocycles. The number of aryl methyl sites for hydroxylation is 1. The number of rotatable bonds is 5. The van der Waals surface area contributed by atoms with Gasteiger partial charge in [0.1, 0.15) is 0 Å². The van der Waals surface area contributed by atoms with Crippen molar-refractivity contribution in [2.24, 2.45) is 11.8 Å². The molecule has 0 spiro atoms. The van der Waals surface area contributed by atoms with Crippen molar-refractivity contribution in [1.82, 2.24) is 25.3 Å². The summed E-state index contributed by atoms with van der Waals surface area (Å²) in [7, 11) is 0. The van der Waals surface area contributed by atoms with Crippen LogP contribution in [0.3, 0.4) is 0 Å². The van der Waals surface area contributed by atoms with Gasteiger partial charge in [0.05, 0.1) is 6.04 Å². The van der Waals surface area contributed by atoms with E-state index in [9.17, 15) is 4.79 Å². The molecule has 0 saturated carbocycles. The van der Waals surface area contributed by atoms with E-state index in [1.807, 2.05) is 29.2 Å². The maximum Gasteiger partial charge on any atom is 0.244 e. The van der Waals surface area contributed by atoms with Crippen molar-refractivity contribution in [3.05, 3.63) is 35.7 Å². The molecule has 7 nitrogen and oxygen atoms in total. The summed E-state index contributed by atoms with van der Waals surface area (Å²) >= 11 is 0. The molecule has 1 aromatic heterocycles. The highest BCUT2D eigenvalue weighted by molar-refractivity contribution is 5.79. The van der Waals surface area contributed by atoms with E-state index in [0.717, 1.165) is 44.8 Å². The van der Waals surface area contributed by atoms with Crippen LogP contribution in [0, 0.1) is 18.8 Å². The Morgan fingerprint density at radius 2 is 1.82 bits per heavy atom. The van der Waals surface area contributed by atoms with Crippen molar-refractivity contribution in [3.8, 4) is 11.4 Å². The molecule has 1 aromatic carbocycles. The van der Waals surface area contributed by atoms with Crippen LogP contribution in [0.25, 0.3) is 11.4 Å². The smallest absolute Gasteiger partial charge is 0.244 e. The maximum atomic E-state index is 12.7. The lowest BCUT2D eigenvalue weighted by Gasteiger charge is -2.40. The van der Waals surface area contributed by atoms with Crippen LogP contribution >= 0.6 is 0 Å². The average molecular weight is 383 g/mol. The fraction of sp³-hybridized carbons (Fsp3) is 0.571. The van der Waals surface area contributed by atoms with Crippen LogP contribution in [0.1, 0.15) is 31.3 Å². The van der Waals surface area contributed by atoms with Crippen molar-refractivity contribution in [1.29, 1.82) is 0 Å². The van der Waals surface area contributed by atoms with E-state index < -0.39 is 0 Å². The van der Waals surface area contributed by atoms with Gasteiger partial charge in [0.15, 0.2) is 0 Å². The number of piperazine rings is 1. The minimum absolute atomic E-state index is 0.0391. The van der Waals surface area contributed by atoms with Crippen molar-refractivity contribution >= 4 is 5.91 Å². The maximum absolute atomic E-state index is 12.7. The second kappa shape index (κ2) is 8.01. The Morgan fingerprint density at radius 1 is 1.14 bits per heavy atom. The molecule has 0 aliphatic carbocycles. The lowest BCUT2D eigenvalue weighted by Crippen LogP contribution is -2.54. The van der Waals surface area contributed by atoms with Crippen molar-refractivity contribution < 1.29 is 9.32 Å². The molecule has 0 bridgehead atoms. The molecule has 1 N–H and O–H groups in total. The largest absolute Gasteiger partial charge is 0.340 e. The van der Waals surface area contributed by atoms with E-state index in [2.05, 4.69) is 41.1 Å². The molecule has 7 heteroatoms.